The number of hydrogen-bond donors (Lipinski definition) is 1. The fourth-order valence-corrected chi connectivity index (χ4v) is 5.26. The van der Waals surface area contributed by atoms with Crippen molar-refractivity contribution >= 4 is 22.7 Å². The molecular weight excluding hydrogens is 376 g/mol. The van der Waals surface area contributed by atoms with E-state index in [2.05, 4.69) is 25.8 Å². The van der Waals surface area contributed by atoms with Gasteiger partial charge in [0.25, 0.3) is 5.56 Å². The molecule has 0 saturated heterocycles. The molecule has 0 bridgehead atoms. The molecule has 0 aliphatic carbocycles. The number of benzene rings is 1. The first-order valence-corrected chi connectivity index (χ1v) is 10.3. The quantitative estimate of drug-likeness (QED) is 0.590. The summed E-state index contributed by atoms with van der Waals surface area (Å²) in [5.41, 5.74) is 1.56. The van der Waals surface area contributed by atoms with Crippen molar-refractivity contribution < 1.29 is 9.16 Å². The van der Waals surface area contributed by atoms with Gasteiger partial charge >= 0.3 is 0 Å². The van der Waals surface area contributed by atoms with Crippen molar-refractivity contribution in [2.45, 2.75) is 60.0 Å². The van der Waals surface area contributed by atoms with Crippen molar-refractivity contribution in [2.75, 3.05) is 0 Å². The fourth-order valence-electron chi connectivity index (χ4n) is 3.75. The van der Waals surface area contributed by atoms with Gasteiger partial charge in [-0.2, -0.15) is 0 Å². The molecule has 27 heavy (non-hydrogen) atoms. The SMILES string of the molecule is Cc1c(-c2ccccc2)n(COC(C)(C)C(O[SiH3])C(C)(C)C)c(=S)[nH]c1=O. The van der Waals surface area contributed by atoms with Crippen LogP contribution in [0.4, 0.5) is 0 Å². The molecule has 2 rings (SSSR count). The third-order valence-corrected chi connectivity index (χ3v) is 5.49. The van der Waals surface area contributed by atoms with Crippen molar-refractivity contribution in [3.8, 4) is 11.3 Å². The lowest BCUT2D eigenvalue weighted by Gasteiger charge is -2.42. The van der Waals surface area contributed by atoms with Crippen LogP contribution in [-0.4, -0.2) is 31.7 Å². The summed E-state index contributed by atoms with van der Waals surface area (Å²) >= 11 is 5.45. The molecule has 0 spiro atoms. The Morgan fingerprint density at radius 3 is 2.30 bits per heavy atom. The van der Waals surface area contributed by atoms with E-state index >= 15 is 0 Å². The number of nitrogens with zero attached hydrogens (tertiary/aromatic N) is 1. The Morgan fingerprint density at radius 1 is 1.19 bits per heavy atom. The van der Waals surface area contributed by atoms with Crippen LogP contribution in [-0.2, 0) is 15.9 Å². The predicted octanol–water partition coefficient (Wildman–Crippen LogP) is 3.35. The number of ether oxygens (including phenoxy) is 1. The zero-order valence-corrected chi connectivity index (χ0v) is 20.1. The average molecular weight is 407 g/mol. The first-order chi connectivity index (χ1) is 12.5. The van der Waals surface area contributed by atoms with E-state index in [1.165, 1.54) is 0 Å². The smallest absolute Gasteiger partial charge is 0.255 e. The maximum absolute atomic E-state index is 12.3. The van der Waals surface area contributed by atoms with E-state index in [1.807, 2.05) is 48.7 Å². The van der Waals surface area contributed by atoms with Crippen molar-refractivity contribution in [2.24, 2.45) is 5.41 Å². The molecule has 148 valence electrons. The van der Waals surface area contributed by atoms with E-state index in [9.17, 15) is 4.79 Å². The van der Waals surface area contributed by atoms with Crippen molar-refractivity contribution in [3.05, 3.63) is 51.0 Å². The first-order valence-electron chi connectivity index (χ1n) is 9.05. The number of rotatable bonds is 6. The second-order valence-corrected chi connectivity index (χ2v) is 9.24. The normalized spacial score (nSPS) is 13.7. The molecular formula is C20H30N2O3SSi. The second-order valence-electron chi connectivity index (χ2n) is 8.39. The van der Waals surface area contributed by atoms with Crippen LogP contribution in [0.1, 0.15) is 40.2 Å². The topological polar surface area (TPSA) is 56.2 Å². The number of H-pyrrole nitrogens is 1. The Kier molecular flexibility index (Phi) is 6.62. The molecule has 1 unspecified atom stereocenters. The van der Waals surface area contributed by atoms with Gasteiger partial charge in [-0.25, -0.2) is 0 Å². The molecule has 1 aromatic carbocycles. The molecule has 7 heteroatoms. The molecule has 0 aliphatic rings. The largest absolute Gasteiger partial charge is 0.422 e. The standard InChI is InChI=1S/C20H30N2O3SSi/c1-13-15(14-10-8-7-9-11-14)22(18(26)21-16(13)23)12-24-20(5,6)17(25-27)19(2,3)4/h7-11,17H,12H2,1-6,27H3,(H,21,23,26). The van der Waals surface area contributed by atoms with E-state index in [0.29, 0.717) is 20.8 Å². The third kappa shape index (κ3) is 4.84. The summed E-state index contributed by atoms with van der Waals surface area (Å²) in [7, 11) is 0.630. The van der Waals surface area contributed by atoms with Gasteiger partial charge in [0.2, 0.25) is 0 Å². The third-order valence-electron chi connectivity index (χ3n) is 4.70. The van der Waals surface area contributed by atoms with Crippen molar-refractivity contribution in [1.82, 2.24) is 9.55 Å². The fraction of sp³-hybridized carbons (Fsp3) is 0.500. The van der Waals surface area contributed by atoms with Crippen LogP contribution >= 0.6 is 12.2 Å². The molecule has 2 aromatic rings. The predicted molar refractivity (Wildman–Crippen MR) is 115 cm³/mol. The molecule has 1 aromatic heterocycles. The van der Waals surface area contributed by atoms with Crippen LogP contribution in [0.25, 0.3) is 11.3 Å². The highest BCUT2D eigenvalue weighted by molar-refractivity contribution is 7.71. The Bertz CT molecular complexity index is 898. The number of nitrogens with one attached hydrogen (secondary N) is 1. The zero-order valence-electron chi connectivity index (χ0n) is 17.3. The van der Waals surface area contributed by atoms with Crippen molar-refractivity contribution in [3.63, 3.8) is 0 Å². The molecule has 0 aliphatic heterocycles. The lowest BCUT2D eigenvalue weighted by molar-refractivity contribution is -0.145. The summed E-state index contributed by atoms with van der Waals surface area (Å²) < 4.78 is 14.4. The molecule has 0 saturated carbocycles. The van der Waals surface area contributed by atoms with Gasteiger partial charge < -0.3 is 9.16 Å². The molecule has 1 heterocycles. The summed E-state index contributed by atoms with van der Waals surface area (Å²) in [6.07, 6.45) is -0.0603. The Balaban J connectivity index is 2.47. The van der Waals surface area contributed by atoms with E-state index in [4.69, 9.17) is 21.4 Å². The van der Waals surface area contributed by atoms with Gasteiger partial charge in [0.05, 0.1) is 17.4 Å². The van der Waals surface area contributed by atoms with Gasteiger partial charge in [-0.15, -0.1) is 0 Å². The maximum Gasteiger partial charge on any atom is 0.255 e. The Labute approximate surface area is 169 Å². The van der Waals surface area contributed by atoms with Crippen LogP contribution in [0.5, 0.6) is 0 Å². The highest BCUT2D eigenvalue weighted by Crippen LogP contribution is 2.33. The number of hydrogen-bond acceptors (Lipinski definition) is 4. The van der Waals surface area contributed by atoms with Crippen LogP contribution in [0, 0.1) is 17.1 Å². The van der Waals surface area contributed by atoms with Gasteiger partial charge in [-0.05, 0) is 44.0 Å². The van der Waals surface area contributed by atoms with Gasteiger partial charge in [-0.3, -0.25) is 14.3 Å². The first kappa shape index (κ1) is 21.8. The summed E-state index contributed by atoms with van der Waals surface area (Å²) in [6.45, 7) is 12.5. The number of aromatic amines is 1. The molecule has 0 fully saturated rings. The molecule has 5 nitrogen and oxygen atoms in total. The Morgan fingerprint density at radius 2 is 1.78 bits per heavy atom. The van der Waals surface area contributed by atoms with Gasteiger partial charge in [0.15, 0.2) is 4.77 Å². The second kappa shape index (κ2) is 8.22. The average Bonchev–Trinajstić information content (AvgIpc) is 2.56. The summed E-state index contributed by atoms with van der Waals surface area (Å²) in [5, 5.41) is 0. The lowest BCUT2D eigenvalue weighted by atomic mass is 9.80. The molecule has 0 amide bonds. The van der Waals surface area contributed by atoms with Crippen LogP contribution in [0.15, 0.2) is 35.1 Å². The minimum Gasteiger partial charge on any atom is -0.422 e. The van der Waals surface area contributed by atoms with Gasteiger partial charge in [0, 0.05) is 5.56 Å². The Hall–Kier alpha value is -1.54. The monoisotopic (exact) mass is 406 g/mol. The highest BCUT2D eigenvalue weighted by Gasteiger charge is 2.39. The maximum atomic E-state index is 12.3. The number of aromatic nitrogens is 2. The molecule has 0 radical (unpaired) electrons. The summed E-state index contributed by atoms with van der Waals surface area (Å²) in [6, 6.07) is 9.77. The highest BCUT2D eigenvalue weighted by atomic mass is 32.1. The summed E-state index contributed by atoms with van der Waals surface area (Å²) in [4.78, 5) is 15.0. The van der Waals surface area contributed by atoms with Gasteiger partial charge in [-0.1, -0.05) is 51.1 Å². The van der Waals surface area contributed by atoms with Crippen LogP contribution in [0.3, 0.4) is 0 Å². The van der Waals surface area contributed by atoms with Gasteiger partial charge in [0.1, 0.15) is 17.2 Å². The lowest BCUT2D eigenvalue weighted by Crippen LogP contribution is -2.48. The van der Waals surface area contributed by atoms with Crippen molar-refractivity contribution in [1.29, 1.82) is 0 Å². The van der Waals surface area contributed by atoms with E-state index in [0.717, 1.165) is 11.3 Å². The van der Waals surface area contributed by atoms with E-state index in [1.54, 1.807) is 6.92 Å². The molecule has 1 N–H and O–H groups in total. The van der Waals surface area contributed by atoms with Crippen LogP contribution < -0.4 is 5.56 Å². The van der Waals surface area contributed by atoms with E-state index < -0.39 is 5.60 Å². The molecule has 1 atom stereocenters. The summed E-state index contributed by atoms with van der Waals surface area (Å²) in [5.74, 6) is 0. The minimum absolute atomic E-state index is 0.0596. The minimum atomic E-state index is -0.521. The van der Waals surface area contributed by atoms with Crippen LogP contribution in [0.2, 0.25) is 0 Å². The van der Waals surface area contributed by atoms with E-state index in [-0.39, 0.29) is 23.8 Å². The zero-order chi connectivity index (χ0) is 20.4.